The maximum absolute atomic E-state index is 9.26. The average Bonchev–Trinajstić information content (AvgIpc) is 3.28. The smallest absolute Gasteiger partial charge is 0.0648 e. The van der Waals surface area contributed by atoms with Crippen LogP contribution in [0.1, 0.15) is 55.0 Å². The Kier molecular flexibility index (Phi) is 2.20. The van der Waals surface area contributed by atoms with Gasteiger partial charge in [-0.25, -0.2) is 0 Å². The van der Waals surface area contributed by atoms with Gasteiger partial charge in [-0.2, -0.15) is 0 Å². The fraction of sp³-hybridized carbons (Fsp3) is 0.0526. The largest absolute Gasteiger partial charge is 0.310 e. The van der Waals surface area contributed by atoms with Gasteiger partial charge in [0.2, 0.25) is 0 Å². The molecule has 0 saturated heterocycles. The van der Waals surface area contributed by atoms with Gasteiger partial charge in [-0.3, -0.25) is 0 Å². The van der Waals surface area contributed by atoms with Gasteiger partial charge in [-0.15, -0.1) is 0 Å². The minimum Gasteiger partial charge on any atom is -0.310 e. The van der Waals surface area contributed by atoms with E-state index in [1.54, 1.807) is 0 Å². The van der Waals surface area contributed by atoms with E-state index in [0.717, 1.165) is 0 Å². The number of hydrogen-bond donors (Lipinski definition) is 0. The fourth-order valence-electron chi connectivity index (χ4n) is 3.36. The van der Waals surface area contributed by atoms with Crippen LogP contribution in [0.3, 0.4) is 0 Å². The lowest BCUT2D eigenvalue weighted by atomic mass is 10.0. The van der Waals surface area contributed by atoms with Crippen LogP contribution in [0.5, 0.6) is 0 Å². The third kappa shape index (κ3) is 5.39. The standard InChI is InChI=1S/C38H32N2/c1-29-11-9-17-37(27-29)39(33-13-5-3-6-14-33)35-23-19-31(20-24-35)32-21-25-36(26-22-32)40(34-15-7-4-8-16-34)38-18-10-12-30(2)28-38/h3-28H,1-2H3/i1D3,2D3,3D,4D,5D,6D,7D,8D,9D,10D,11D,12D,13D,14D,15D,16D,17D,18D,19D,20D,21D,22D,23D,24D,25D,26D,27D,28D. The van der Waals surface area contributed by atoms with Crippen LogP contribution in [0.4, 0.5) is 34.1 Å². The molecule has 194 valence electrons. The van der Waals surface area contributed by atoms with Gasteiger partial charge >= 0.3 is 0 Å². The molecule has 2 nitrogen and oxygen atoms in total. The highest BCUT2D eigenvalue weighted by molar-refractivity contribution is 5.80. The van der Waals surface area contributed by atoms with Crippen LogP contribution < -0.4 is 9.80 Å². The van der Waals surface area contributed by atoms with Crippen molar-refractivity contribution in [3.8, 4) is 11.1 Å². The number of nitrogens with zero attached hydrogens (tertiary/aromatic N) is 2. The lowest BCUT2D eigenvalue weighted by Crippen LogP contribution is -2.10. The van der Waals surface area contributed by atoms with Crippen molar-refractivity contribution in [2.24, 2.45) is 0 Å². The molecule has 0 aliphatic heterocycles. The Morgan fingerprint density at radius 3 is 1.10 bits per heavy atom. The second-order valence-electron chi connectivity index (χ2n) is 7.51. The summed E-state index contributed by atoms with van der Waals surface area (Å²) in [7, 11) is 0. The zero-order valence-corrected chi connectivity index (χ0v) is 19.9. The summed E-state index contributed by atoms with van der Waals surface area (Å²) < 4.78 is 276. The molecule has 0 fully saturated rings. The maximum atomic E-state index is 9.26. The van der Waals surface area contributed by atoms with Crippen molar-refractivity contribution in [3.63, 3.8) is 0 Å². The van der Waals surface area contributed by atoms with Gasteiger partial charge in [-0.1, -0.05) is 84.6 Å². The van der Waals surface area contributed by atoms with E-state index in [9.17, 15) is 11.0 Å². The highest BCUT2D eigenvalue weighted by atomic mass is 15.1. The molecule has 0 saturated carbocycles. The Morgan fingerprint density at radius 2 is 0.725 bits per heavy atom. The SMILES string of the molecule is [2H]c1c([2H])c([2H])c(N(c2c([2H])c([2H])c(-c3c([2H])c([2H])c(N(c4c([2H])c([2H])c([2H])c([2H])c4[2H])c4c([2H])c([2H])c([2H])c(C([2H])([2H])[2H])c4[2H])c([2H])c3[2H])c([2H])c2[2H])c2c([2H])c([2H])c([2H])c(C([2H])([2H])[2H])c2[2H])c([2H])c1[2H]. The summed E-state index contributed by atoms with van der Waals surface area (Å²) in [6.45, 7) is -6.82. The molecule has 40 heavy (non-hydrogen) atoms. The van der Waals surface area contributed by atoms with Crippen molar-refractivity contribution in [3.05, 3.63) is 168 Å². The third-order valence-electron chi connectivity index (χ3n) is 5.01. The quantitative estimate of drug-likeness (QED) is 0.196. The van der Waals surface area contributed by atoms with E-state index < -0.39 is 227 Å². The van der Waals surface area contributed by atoms with Crippen LogP contribution in [-0.2, 0) is 0 Å². The van der Waals surface area contributed by atoms with E-state index >= 15 is 0 Å². The number of rotatable bonds is 7. The van der Waals surface area contributed by atoms with Crippen LogP contribution >= 0.6 is 0 Å². The zero-order chi connectivity index (χ0) is 54.9. The number of anilines is 6. The molecule has 0 amide bonds. The van der Waals surface area contributed by atoms with Gasteiger partial charge in [-0.05, 0) is 108 Å². The Bertz CT molecular complexity index is 3020. The molecule has 0 atom stereocenters. The predicted molar refractivity (Wildman–Crippen MR) is 171 cm³/mol. The van der Waals surface area contributed by atoms with Gasteiger partial charge in [0.25, 0.3) is 0 Å². The number of hydrogen-bond acceptors (Lipinski definition) is 2. The Balaban J connectivity index is 1.81. The van der Waals surface area contributed by atoms with Crippen molar-refractivity contribution in [2.75, 3.05) is 9.80 Å². The summed E-state index contributed by atoms with van der Waals surface area (Å²) in [5.41, 5.74) is -11.5. The van der Waals surface area contributed by atoms with E-state index in [4.69, 9.17) is 32.9 Å². The van der Waals surface area contributed by atoms with E-state index in [-0.39, 0.29) is 9.80 Å². The van der Waals surface area contributed by atoms with E-state index in [0.29, 0.717) is 0 Å². The van der Waals surface area contributed by atoms with Crippen LogP contribution in [0.25, 0.3) is 11.1 Å². The molecule has 2 heteroatoms. The Labute approximate surface area is 282 Å². The van der Waals surface area contributed by atoms with Crippen molar-refractivity contribution in [1.29, 1.82) is 0 Å². The monoisotopic (exact) mass is 548 g/mol. The summed E-state index contributed by atoms with van der Waals surface area (Å²) >= 11 is 0. The van der Waals surface area contributed by atoms with Gasteiger partial charge in [0.05, 0.1) is 35.6 Å². The highest BCUT2D eigenvalue weighted by Gasteiger charge is 2.14. The molecule has 6 aromatic carbocycles. The zero-order valence-electron chi connectivity index (χ0n) is 51.9. The van der Waals surface area contributed by atoms with Gasteiger partial charge in [0.1, 0.15) is 0 Å². The maximum Gasteiger partial charge on any atom is 0.0648 e. The second-order valence-corrected chi connectivity index (χ2v) is 7.51. The molecular formula is C38H32N2. The van der Waals surface area contributed by atoms with Gasteiger partial charge < -0.3 is 9.80 Å². The average molecular weight is 549 g/mol. The van der Waals surface area contributed by atoms with Crippen LogP contribution in [0, 0.1) is 13.7 Å². The van der Waals surface area contributed by atoms with Gasteiger partial charge in [0, 0.05) is 42.3 Å². The lowest BCUT2D eigenvalue weighted by molar-refractivity contribution is 1.27. The summed E-state index contributed by atoms with van der Waals surface area (Å²) in [6.07, 6.45) is 0. The highest BCUT2D eigenvalue weighted by Crippen LogP contribution is 2.38. The molecular weight excluding hydrogens is 484 g/mol. The molecule has 0 aromatic heterocycles. The Hall–Kier alpha value is -5.08. The topological polar surface area (TPSA) is 6.48 Å². The van der Waals surface area contributed by atoms with Crippen molar-refractivity contribution in [1.82, 2.24) is 0 Å². The molecule has 0 aliphatic rings. The molecule has 0 radical (unpaired) electrons. The summed E-state index contributed by atoms with van der Waals surface area (Å²) in [5.74, 6) is 0. The van der Waals surface area contributed by atoms with Crippen molar-refractivity contribution in [2.45, 2.75) is 13.7 Å². The van der Waals surface area contributed by atoms with Gasteiger partial charge in [0.15, 0.2) is 0 Å². The first-order chi connectivity index (χ1) is 32.9. The molecule has 0 heterocycles. The molecule has 6 rings (SSSR count). The summed E-state index contributed by atoms with van der Waals surface area (Å²) in [5, 5.41) is 0. The van der Waals surface area contributed by atoms with Crippen molar-refractivity contribution < 1.29 is 43.9 Å². The predicted octanol–water partition coefficient (Wildman–Crippen LogP) is 10.9. The number of benzene rings is 6. The van der Waals surface area contributed by atoms with Crippen molar-refractivity contribution >= 4 is 34.1 Å². The van der Waals surface area contributed by atoms with Crippen LogP contribution in [-0.4, -0.2) is 0 Å². The van der Waals surface area contributed by atoms with E-state index in [1.165, 1.54) is 0 Å². The first kappa shape index (κ1) is 7.77. The summed E-state index contributed by atoms with van der Waals surface area (Å²) in [6, 6.07) is -31.5. The molecule has 6 aromatic rings. The van der Waals surface area contributed by atoms with Crippen LogP contribution in [0.2, 0.25) is 0 Å². The first-order valence-electron chi connectivity index (χ1n) is 27.1. The molecule has 0 aliphatic carbocycles. The molecule has 0 N–H and O–H groups in total. The second kappa shape index (κ2) is 11.3. The first-order valence-corrected chi connectivity index (χ1v) is 11.1. The van der Waals surface area contributed by atoms with E-state index in [1.807, 2.05) is 0 Å². The lowest BCUT2D eigenvalue weighted by Gasteiger charge is -2.26. The fourth-order valence-corrected chi connectivity index (χ4v) is 3.36. The normalized spacial score (nSPS) is 22.7. The number of para-hydroxylation sites is 2. The molecule has 0 bridgehead atoms. The third-order valence-corrected chi connectivity index (χ3v) is 5.01. The Morgan fingerprint density at radius 1 is 0.375 bits per heavy atom. The molecule has 0 spiro atoms. The summed E-state index contributed by atoms with van der Waals surface area (Å²) in [4.78, 5) is 0.483. The molecule has 0 unspecified atom stereocenters. The van der Waals surface area contributed by atoms with E-state index in [2.05, 4.69) is 0 Å². The van der Waals surface area contributed by atoms with Crippen LogP contribution in [0.15, 0.2) is 157 Å². The minimum atomic E-state index is -3.41. The minimum absolute atomic E-state index is 0.241.